The third kappa shape index (κ3) is 1.63. The van der Waals surface area contributed by atoms with Crippen molar-refractivity contribution in [3.63, 3.8) is 0 Å². The molecule has 0 aromatic carbocycles. The van der Waals surface area contributed by atoms with Gasteiger partial charge in [-0.15, -0.1) is 6.58 Å². The summed E-state index contributed by atoms with van der Waals surface area (Å²) in [5.41, 5.74) is 0.753. The van der Waals surface area contributed by atoms with E-state index in [2.05, 4.69) is 20.4 Å². The number of rotatable bonds is 3. The van der Waals surface area contributed by atoms with Gasteiger partial charge in [-0.05, 0) is 43.4 Å². The van der Waals surface area contributed by atoms with Crippen LogP contribution in [0, 0.1) is 11.3 Å². The molecule has 1 saturated heterocycles. The zero-order valence-electron chi connectivity index (χ0n) is 9.51. The number of ether oxygens (including phenoxy) is 1. The van der Waals surface area contributed by atoms with Gasteiger partial charge in [0, 0.05) is 0 Å². The monoisotopic (exact) mass is 194 g/mol. The number of allylic oxidation sites excluding steroid dienone is 1. The zero-order chi connectivity index (χ0) is 10.2. The highest BCUT2D eigenvalue weighted by molar-refractivity contribution is 5.06. The molecule has 0 amide bonds. The maximum absolute atomic E-state index is 5.75. The van der Waals surface area contributed by atoms with Gasteiger partial charge < -0.3 is 4.74 Å². The molecular formula is C13H22O. The Morgan fingerprint density at radius 3 is 2.71 bits per heavy atom. The van der Waals surface area contributed by atoms with E-state index < -0.39 is 0 Å². The third-order valence-corrected chi connectivity index (χ3v) is 4.17. The normalized spacial score (nSPS) is 39.7. The van der Waals surface area contributed by atoms with E-state index in [0.717, 1.165) is 18.9 Å². The van der Waals surface area contributed by atoms with Gasteiger partial charge in [0.25, 0.3) is 0 Å². The lowest BCUT2D eigenvalue weighted by Gasteiger charge is -2.43. The van der Waals surface area contributed by atoms with E-state index in [0.29, 0.717) is 5.41 Å². The fourth-order valence-corrected chi connectivity index (χ4v) is 3.28. The largest absolute Gasteiger partial charge is 0.369 e. The Bertz CT molecular complexity index is 219. The van der Waals surface area contributed by atoms with Crippen LogP contribution in [0.15, 0.2) is 12.7 Å². The van der Waals surface area contributed by atoms with Gasteiger partial charge in [-0.25, -0.2) is 0 Å². The van der Waals surface area contributed by atoms with E-state index in [9.17, 15) is 0 Å². The van der Waals surface area contributed by atoms with Crippen LogP contribution >= 0.6 is 0 Å². The Kier molecular flexibility index (Phi) is 2.46. The standard InChI is InChI=1S/C13H22O/c1-4-5-7-11-12(2,3)8-6-9-13(11)10-14-13/h4,11H,1,5-10H2,2-3H3/t11-,13+/m1/s1. The van der Waals surface area contributed by atoms with Gasteiger partial charge in [0.05, 0.1) is 12.2 Å². The molecule has 1 aliphatic carbocycles. The van der Waals surface area contributed by atoms with Crippen LogP contribution in [0.1, 0.15) is 46.0 Å². The highest BCUT2D eigenvalue weighted by Gasteiger charge is 2.57. The molecule has 1 aliphatic heterocycles. The number of hydrogen-bond donors (Lipinski definition) is 0. The van der Waals surface area contributed by atoms with E-state index in [1.54, 1.807) is 0 Å². The van der Waals surface area contributed by atoms with Gasteiger partial charge >= 0.3 is 0 Å². The predicted molar refractivity (Wildman–Crippen MR) is 59.2 cm³/mol. The average molecular weight is 194 g/mol. The van der Waals surface area contributed by atoms with Gasteiger partial charge in [0.2, 0.25) is 0 Å². The van der Waals surface area contributed by atoms with Gasteiger partial charge in [0.1, 0.15) is 0 Å². The van der Waals surface area contributed by atoms with Crippen molar-refractivity contribution in [1.82, 2.24) is 0 Å². The van der Waals surface area contributed by atoms with Crippen LogP contribution in [0.4, 0.5) is 0 Å². The molecule has 2 atom stereocenters. The highest BCUT2D eigenvalue weighted by atomic mass is 16.6. The fraction of sp³-hybridized carbons (Fsp3) is 0.846. The molecule has 0 bridgehead atoms. The summed E-state index contributed by atoms with van der Waals surface area (Å²) >= 11 is 0. The molecule has 0 unspecified atom stereocenters. The smallest absolute Gasteiger partial charge is 0.0949 e. The Hall–Kier alpha value is -0.300. The predicted octanol–water partition coefficient (Wildman–Crippen LogP) is 3.55. The van der Waals surface area contributed by atoms with Gasteiger partial charge in [-0.3, -0.25) is 0 Å². The first-order valence-electron chi connectivity index (χ1n) is 5.86. The lowest BCUT2D eigenvalue weighted by Crippen LogP contribution is -2.40. The van der Waals surface area contributed by atoms with Crippen LogP contribution in [0.3, 0.4) is 0 Å². The zero-order valence-corrected chi connectivity index (χ0v) is 9.51. The summed E-state index contributed by atoms with van der Waals surface area (Å²) in [7, 11) is 0. The topological polar surface area (TPSA) is 12.5 Å². The summed E-state index contributed by atoms with van der Waals surface area (Å²) < 4.78 is 5.75. The van der Waals surface area contributed by atoms with Gasteiger partial charge in [0.15, 0.2) is 0 Å². The van der Waals surface area contributed by atoms with Crippen LogP contribution < -0.4 is 0 Å². The van der Waals surface area contributed by atoms with E-state index in [1.165, 1.54) is 25.7 Å². The fourth-order valence-electron chi connectivity index (χ4n) is 3.28. The van der Waals surface area contributed by atoms with Gasteiger partial charge in [-0.2, -0.15) is 0 Å². The summed E-state index contributed by atoms with van der Waals surface area (Å²) in [4.78, 5) is 0. The molecule has 2 rings (SSSR count). The molecule has 1 heterocycles. The van der Waals surface area contributed by atoms with E-state index in [1.807, 2.05) is 6.08 Å². The lowest BCUT2D eigenvalue weighted by atomic mass is 9.62. The maximum Gasteiger partial charge on any atom is 0.0949 e. The molecule has 1 spiro atoms. The SMILES string of the molecule is C=CCC[C@@H]1C(C)(C)CCC[C@]12CO2. The van der Waals surface area contributed by atoms with Crippen molar-refractivity contribution in [2.45, 2.75) is 51.6 Å². The van der Waals surface area contributed by atoms with Crippen LogP contribution in [0.25, 0.3) is 0 Å². The second kappa shape index (κ2) is 3.37. The number of epoxide rings is 1. The quantitative estimate of drug-likeness (QED) is 0.494. The van der Waals surface area contributed by atoms with Crippen molar-refractivity contribution in [2.75, 3.05) is 6.61 Å². The summed E-state index contributed by atoms with van der Waals surface area (Å²) in [5, 5.41) is 0. The Labute approximate surface area is 87.5 Å². The molecule has 80 valence electrons. The minimum Gasteiger partial charge on any atom is -0.369 e. The Morgan fingerprint density at radius 2 is 2.14 bits per heavy atom. The molecule has 14 heavy (non-hydrogen) atoms. The molecule has 0 radical (unpaired) electrons. The minimum atomic E-state index is 0.282. The molecule has 1 nitrogen and oxygen atoms in total. The van der Waals surface area contributed by atoms with Crippen LogP contribution in [-0.2, 0) is 4.74 Å². The lowest BCUT2D eigenvalue weighted by molar-refractivity contribution is 0.0380. The second-order valence-electron chi connectivity index (χ2n) is 5.61. The van der Waals surface area contributed by atoms with Crippen molar-refractivity contribution >= 4 is 0 Å². The maximum atomic E-state index is 5.75. The third-order valence-electron chi connectivity index (χ3n) is 4.17. The Morgan fingerprint density at radius 1 is 1.43 bits per heavy atom. The van der Waals surface area contributed by atoms with Crippen LogP contribution in [0.2, 0.25) is 0 Å². The Balaban J connectivity index is 2.08. The molecule has 0 N–H and O–H groups in total. The molecule has 0 aromatic heterocycles. The molecular weight excluding hydrogens is 172 g/mol. The minimum absolute atomic E-state index is 0.282. The van der Waals surface area contributed by atoms with E-state index >= 15 is 0 Å². The van der Waals surface area contributed by atoms with Crippen molar-refractivity contribution in [2.24, 2.45) is 11.3 Å². The number of hydrogen-bond acceptors (Lipinski definition) is 1. The van der Waals surface area contributed by atoms with Crippen molar-refractivity contribution in [3.8, 4) is 0 Å². The van der Waals surface area contributed by atoms with Crippen LogP contribution in [-0.4, -0.2) is 12.2 Å². The molecule has 1 heteroatoms. The van der Waals surface area contributed by atoms with Gasteiger partial charge in [-0.1, -0.05) is 19.9 Å². The molecule has 2 fully saturated rings. The van der Waals surface area contributed by atoms with Crippen molar-refractivity contribution < 1.29 is 4.74 Å². The van der Waals surface area contributed by atoms with Crippen molar-refractivity contribution in [3.05, 3.63) is 12.7 Å². The molecule has 1 saturated carbocycles. The summed E-state index contributed by atoms with van der Waals surface area (Å²) in [5.74, 6) is 0.752. The first-order chi connectivity index (χ1) is 6.61. The summed E-state index contributed by atoms with van der Waals surface area (Å²) in [6, 6.07) is 0. The van der Waals surface area contributed by atoms with E-state index in [-0.39, 0.29) is 5.60 Å². The van der Waals surface area contributed by atoms with Crippen molar-refractivity contribution in [1.29, 1.82) is 0 Å². The second-order valence-corrected chi connectivity index (χ2v) is 5.61. The summed E-state index contributed by atoms with van der Waals surface area (Å²) in [6.07, 6.45) is 8.44. The average Bonchev–Trinajstić information content (AvgIpc) is 2.84. The summed E-state index contributed by atoms with van der Waals surface area (Å²) in [6.45, 7) is 9.64. The van der Waals surface area contributed by atoms with Crippen LogP contribution in [0.5, 0.6) is 0 Å². The van der Waals surface area contributed by atoms with E-state index in [4.69, 9.17) is 4.74 Å². The molecule has 0 aromatic rings. The first-order valence-corrected chi connectivity index (χ1v) is 5.86. The molecule has 2 aliphatic rings. The first kappa shape index (κ1) is 10.2. The highest BCUT2D eigenvalue weighted by Crippen LogP contribution is 2.55.